The number of hydrogen-bond donors (Lipinski definition) is 1. The van der Waals surface area contributed by atoms with Gasteiger partial charge in [-0.25, -0.2) is 0 Å². The fraction of sp³-hybridized carbons (Fsp3) is 0.412. The van der Waals surface area contributed by atoms with E-state index < -0.39 is 0 Å². The Bertz CT molecular complexity index is 734. The lowest BCUT2D eigenvalue weighted by molar-refractivity contribution is 0.0999. The summed E-state index contributed by atoms with van der Waals surface area (Å²) in [6, 6.07) is 8.10. The van der Waals surface area contributed by atoms with Gasteiger partial charge in [0, 0.05) is 30.1 Å². The maximum Gasteiger partial charge on any atom is 0.250 e. The van der Waals surface area contributed by atoms with Crippen molar-refractivity contribution in [2.24, 2.45) is 5.73 Å². The molecule has 114 valence electrons. The van der Waals surface area contributed by atoms with Crippen LogP contribution in [0.4, 0.5) is 5.69 Å². The van der Waals surface area contributed by atoms with E-state index in [4.69, 9.17) is 15.5 Å². The number of primary amides is 1. The molecule has 0 radical (unpaired) electrons. The normalized spacial score (nSPS) is 18.6. The minimum atomic E-state index is -0.381. The number of rotatable bonds is 3. The summed E-state index contributed by atoms with van der Waals surface area (Å²) in [6.45, 7) is 3.33. The van der Waals surface area contributed by atoms with Crippen molar-refractivity contribution in [2.75, 3.05) is 31.2 Å². The Morgan fingerprint density at radius 3 is 2.68 bits per heavy atom. The topological polar surface area (TPSA) is 68.5 Å². The van der Waals surface area contributed by atoms with Gasteiger partial charge in [0.2, 0.25) is 0 Å². The fourth-order valence-electron chi connectivity index (χ4n) is 3.05. The predicted molar refractivity (Wildman–Crippen MR) is 85.3 cm³/mol. The highest BCUT2D eigenvalue weighted by Crippen LogP contribution is 2.41. The molecule has 0 unspecified atom stereocenters. The molecule has 1 aromatic carbocycles. The van der Waals surface area contributed by atoms with E-state index in [-0.39, 0.29) is 5.91 Å². The lowest BCUT2D eigenvalue weighted by Gasteiger charge is -2.29. The third-order valence-corrected chi connectivity index (χ3v) is 4.44. The van der Waals surface area contributed by atoms with Gasteiger partial charge in [-0.15, -0.1) is 0 Å². The van der Waals surface area contributed by atoms with E-state index in [0.29, 0.717) is 11.5 Å². The second kappa shape index (κ2) is 5.25. The Labute approximate surface area is 129 Å². The minimum Gasteiger partial charge on any atom is -0.378 e. The van der Waals surface area contributed by atoms with Crippen LogP contribution < -0.4 is 10.6 Å². The van der Waals surface area contributed by atoms with Crippen LogP contribution in [0, 0.1) is 0 Å². The first kappa shape index (κ1) is 13.5. The molecule has 1 aromatic heterocycles. The van der Waals surface area contributed by atoms with Gasteiger partial charge in [0.15, 0.2) is 0 Å². The summed E-state index contributed by atoms with van der Waals surface area (Å²) in [5, 5.41) is 0.968. The molecule has 2 aliphatic rings. The zero-order valence-corrected chi connectivity index (χ0v) is 12.4. The molecule has 1 amide bonds. The van der Waals surface area contributed by atoms with E-state index in [9.17, 15) is 4.79 Å². The highest BCUT2D eigenvalue weighted by atomic mass is 16.5. The minimum absolute atomic E-state index is 0.381. The fourth-order valence-corrected chi connectivity index (χ4v) is 3.05. The quantitative estimate of drug-likeness (QED) is 0.941. The van der Waals surface area contributed by atoms with E-state index in [1.807, 2.05) is 12.1 Å². The number of carbonyl (C=O) groups is 1. The van der Waals surface area contributed by atoms with Crippen LogP contribution >= 0.6 is 0 Å². The summed E-state index contributed by atoms with van der Waals surface area (Å²) in [6.07, 6.45) is 2.20. The Kier molecular flexibility index (Phi) is 3.22. The van der Waals surface area contributed by atoms with Crippen LogP contribution in [0.5, 0.6) is 0 Å². The van der Waals surface area contributed by atoms with Crippen molar-refractivity contribution >= 4 is 22.5 Å². The van der Waals surface area contributed by atoms with Gasteiger partial charge in [0.05, 0.1) is 30.0 Å². The molecule has 4 rings (SSSR count). The SMILES string of the molecule is NC(=O)c1cc2ccc(N3CCOCC3)cc2nc1C1CC1. The molecule has 1 aliphatic carbocycles. The van der Waals surface area contributed by atoms with Gasteiger partial charge in [-0.2, -0.15) is 0 Å². The van der Waals surface area contributed by atoms with Crippen molar-refractivity contribution in [2.45, 2.75) is 18.8 Å². The Balaban J connectivity index is 1.78. The van der Waals surface area contributed by atoms with E-state index in [1.165, 1.54) is 0 Å². The Hall–Kier alpha value is -2.14. The number of nitrogens with two attached hydrogens (primary N) is 1. The van der Waals surface area contributed by atoms with E-state index in [1.54, 1.807) is 0 Å². The Morgan fingerprint density at radius 1 is 1.23 bits per heavy atom. The van der Waals surface area contributed by atoms with Crippen LogP contribution in [-0.4, -0.2) is 37.2 Å². The summed E-state index contributed by atoms with van der Waals surface area (Å²) < 4.78 is 5.40. The second-order valence-electron chi connectivity index (χ2n) is 6.04. The first-order chi connectivity index (χ1) is 10.7. The second-order valence-corrected chi connectivity index (χ2v) is 6.04. The molecule has 5 heteroatoms. The van der Waals surface area contributed by atoms with Crippen molar-refractivity contribution in [1.29, 1.82) is 0 Å². The predicted octanol–water partition coefficient (Wildman–Crippen LogP) is 2.05. The first-order valence-electron chi connectivity index (χ1n) is 7.79. The molecule has 0 atom stereocenters. The summed E-state index contributed by atoms with van der Waals surface area (Å²) in [5.74, 6) is 0.0208. The van der Waals surface area contributed by atoms with Crippen LogP contribution in [-0.2, 0) is 4.74 Å². The summed E-state index contributed by atoms with van der Waals surface area (Å²) >= 11 is 0. The maximum absolute atomic E-state index is 11.7. The Morgan fingerprint density at radius 2 is 2.00 bits per heavy atom. The molecule has 1 saturated carbocycles. The molecule has 2 heterocycles. The number of hydrogen-bond acceptors (Lipinski definition) is 4. The number of carbonyl (C=O) groups excluding carboxylic acids is 1. The lowest BCUT2D eigenvalue weighted by Crippen LogP contribution is -2.36. The van der Waals surface area contributed by atoms with Gasteiger partial charge in [-0.1, -0.05) is 6.07 Å². The average Bonchev–Trinajstić information content (AvgIpc) is 3.38. The smallest absolute Gasteiger partial charge is 0.250 e. The first-order valence-corrected chi connectivity index (χ1v) is 7.79. The molecule has 22 heavy (non-hydrogen) atoms. The number of amides is 1. The standard InChI is InChI=1S/C17H19N3O2/c18-17(21)14-9-12-3-4-13(20-5-7-22-8-6-20)10-15(12)19-16(14)11-1-2-11/h3-4,9-11H,1-2,5-8H2,(H2,18,21). The van der Waals surface area contributed by atoms with Crippen molar-refractivity contribution in [3.63, 3.8) is 0 Å². The highest BCUT2D eigenvalue weighted by Gasteiger charge is 2.29. The monoisotopic (exact) mass is 297 g/mol. The van der Waals surface area contributed by atoms with Gasteiger partial charge < -0.3 is 15.4 Å². The summed E-state index contributed by atoms with van der Waals surface area (Å²) in [7, 11) is 0. The highest BCUT2D eigenvalue weighted by molar-refractivity contribution is 5.98. The number of benzene rings is 1. The number of ether oxygens (including phenoxy) is 1. The molecule has 1 aliphatic heterocycles. The number of pyridine rings is 1. The van der Waals surface area contributed by atoms with Crippen LogP contribution in [0.3, 0.4) is 0 Å². The zero-order chi connectivity index (χ0) is 15.1. The summed E-state index contributed by atoms with van der Waals surface area (Å²) in [5.41, 5.74) is 9.07. The van der Waals surface area contributed by atoms with Crippen LogP contribution in [0.25, 0.3) is 10.9 Å². The molecule has 2 aromatic rings. The third-order valence-electron chi connectivity index (χ3n) is 4.44. The van der Waals surface area contributed by atoms with Crippen LogP contribution in [0.1, 0.15) is 34.8 Å². The number of nitrogens with zero attached hydrogens (tertiary/aromatic N) is 2. The van der Waals surface area contributed by atoms with Crippen molar-refractivity contribution in [3.05, 3.63) is 35.5 Å². The van der Waals surface area contributed by atoms with Gasteiger partial charge >= 0.3 is 0 Å². The van der Waals surface area contributed by atoms with Gasteiger partial charge in [0.1, 0.15) is 0 Å². The molecule has 0 bridgehead atoms. The molecular formula is C17H19N3O2. The van der Waals surface area contributed by atoms with E-state index in [2.05, 4.69) is 17.0 Å². The third kappa shape index (κ3) is 2.41. The van der Waals surface area contributed by atoms with E-state index >= 15 is 0 Å². The van der Waals surface area contributed by atoms with Crippen molar-refractivity contribution < 1.29 is 9.53 Å². The molecule has 1 saturated heterocycles. The van der Waals surface area contributed by atoms with Gasteiger partial charge in [-0.05, 0) is 31.0 Å². The molecule has 5 nitrogen and oxygen atoms in total. The molecule has 2 fully saturated rings. The van der Waals surface area contributed by atoms with Crippen molar-refractivity contribution in [3.8, 4) is 0 Å². The van der Waals surface area contributed by atoms with Gasteiger partial charge in [-0.3, -0.25) is 9.78 Å². The van der Waals surface area contributed by atoms with Crippen LogP contribution in [0.2, 0.25) is 0 Å². The molecule has 0 spiro atoms. The van der Waals surface area contributed by atoms with Crippen LogP contribution in [0.15, 0.2) is 24.3 Å². The number of morpholine rings is 1. The zero-order valence-electron chi connectivity index (χ0n) is 12.4. The molecule has 2 N–H and O–H groups in total. The number of fused-ring (bicyclic) bond motifs is 1. The number of aromatic nitrogens is 1. The largest absolute Gasteiger partial charge is 0.378 e. The number of anilines is 1. The maximum atomic E-state index is 11.7. The van der Waals surface area contributed by atoms with Gasteiger partial charge in [0.25, 0.3) is 5.91 Å². The molecular weight excluding hydrogens is 278 g/mol. The summed E-state index contributed by atoms with van der Waals surface area (Å²) in [4.78, 5) is 18.7. The lowest BCUT2D eigenvalue weighted by atomic mass is 10.1. The van der Waals surface area contributed by atoms with E-state index in [0.717, 1.165) is 61.4 Å². The van der Waals surface area contributed by atoms with Crippen molar-refractivity contribution in [1.82, 2.24) is 4.98 Å². The average molecular weight is 297 g/mol.